The van der Waals surface area contributed by atoms with Gasteiger partial charge in [-0.25, -0.2) is 0 Å². The van der Waals surface area contributed by atoms with E-state index in [9.17, 15) is 0 Å². The van der Waals surface area contributed by atoms with Crippen molar-refractivity contribution in [3.8, 4) is 0 Å². The summed E-state index contributed by atoms with van der Waals surface area (Å²) in [5.41, 5.74) is 0.560. The second-order valence-electron chi connectivity index (χ2n) is 6.59. The fraction of sp³-hybridized carbons (Fsp3) is 1.00. The van der Waals surface area contributed by atoms with E-state index >= 15 is 0 Å². The lowest BCUT2D eigenvalue weighted by Crippen LogP contribution is -2.45. The third-order valence-electron chi connectivity index (χ3n) is 4.78. The van der Waals surface area contributed by atoms with Crippen LogP contribution in [0.25, 0.3) is 0 Å². The Morgan fingerprint density at radius 3 is 2.37 bits per heavy atom. The van der Waals surface area contributed by atoms with Gasteiger partial charge in [0.1, 0.15) is 0 Å². The molecule has 0 spiro atoms. The van der Waals surface area contributed by atoms with Gasteiger partial charge < -0.3 is 10.1 Å². The van der Waals surface area contributed by atoms with Gasteiger partial charge in [-0.15, -0.1) is 0 Å². The average molecular weight is 270 g/mol. The van der Waals surface area contributed by atoms with E-state index in [0.717, 1.165) is 19.7 Å². The molecule has 19 heavy (non-hydrogen) atoms. The first-order valence-corrected chi connectivity index (χ1v) is 8.00. The fourth-order valence-corrected chi connectivity index (χ4v) is 3.13. The van der Waals surface area contributed by atoms with Crippen molar-refractivity contribution in [2.45, 2.75) is 53.0 Å². The predicted octanol–water partition coefficient (Wildman–Crippen LogP) is 2.76. The van der Waals surface area contributed by atoms with Crippen molar-refractivity contribution in [3.63, 3.8) is 0 Å². The topological polar surface area (TPSA) is 24.5 Å². The maximum atomic E-state index is 5.43. The summed E-state index contributed by atoms with van der Waals surface area (Å²) >= 11 is 0. The number of likely N-dealkylation sites (tertiary alicyclic amines) is 1. The molecular formula is C16H34N2O. The van der Waals surface area contributed by atoms with Crippen molar-refractivity contribution in [2.75, 3.05) is 39.9 Å². The summed E-state index contributed by atoms with van der Waals surface area (Å²) in [4.78, 5) is 2.64. The van der Waals surface area contributed by atoms with E-state index in [-0.39, 0.29) is 0 Å². The summed E-state index contributed by atoms with van der Waals surface area (Å²) in [6.45, 7) is 14.7. The maximum absolute atomic E-state index is 5.43. The molecule has 1 rings (SSSR count). The highest BCUT2D eigenvalue weighted by Crippen LogP contribution is 2.37. The molecule has 1 heterocycles. The molecule has 1 atom stereocenters. The summed E-state index contributed by atoms with van der Waals surface area (Å²) in [6.07, 6.45) is 3.96. The summed E-state index contributed by atoms with van der Waals surface area (Å²) in [6, 6.07) is 0.531. The first-order valence-electron chi connectivity index (χ1n) is 8.00. The van der Waals surface area contributed by atoms with E-state index in [2.05, 4.69) is 37.9 Å². The summed E-state index contributed by atoms with van der Waals surface area (Å²) < 4.78 is 5.43. The molecular weight excluding hydrogens is 236 g/mol. The fourth-order valence-electron chi connectivity index (χ4n) is 3.13. The van der Waals surface area contributed by atoms with Crippen LogP contribution in [0.1, 0.15) is 47.0 Å². The van der Waals surface area contributed by atoms with E-state index in [1.54, 1.807) is 0 Å². The molecule has 1 fully saturated rings. The lowest BCUT2D eigenvalue weighted by molar-refractivity contribution is 0.0938. The molecule has 0 amide bonds. The minimum absolute atomic E-state index is 0.531. The standard InChI is InChI=1S/C16H34N2O/c1-6-16(7-2)8-9-18(13-16)15(12-19-5)11-17-10-14(3)4/h14-15,17H,6-13H2,1-5H3. The highest BCUT2D eigenvalue weighted by Gasteiger charge is 2.37. The number of nitrogens with zero attached hydrogens (tertiary/aromatic N) is 1. The summed E-state index contributed by atoms with van der Waals surface area (Å²) in [5.74, 6) is 0.715. The smallest absolute Gasteiger partial charge is 0.0630 e. The van der Waals surface area contributed by atoms with Gasteiger partial charge in [0.25, 0.3) is 0 Å². The van der Waals surface area contributed by atoms with Crippen molar-refractivity contribution in [2.24, 2.45) is 11.3 Å². The molecule has 3 heteroatoms. The molecule has 0 radical (unpaired) electrons. The van der Waals surface area contributed by atoms with Crippen molar-refractivity contribution in [3.05, 3.63) is 0 Å². The Morgan fingerprint density at radius 1 is 1.21 bits per heavy atom. The van der Waals surface area contributed by atoms with Crippen LogP contribution in [0.15, 0.2) is 0 Å². The van der Waals surface area contributed by atoms with Gasteiger partial charge in [0.2, 0.25) is 0 Å². The zero-order valence-electron chi connectivity index (χ0n) is 13.7. The van der Waals surface area contributed by atoms with E-state index in [4.69, 9.17) is 4.74 Å². The van der Waals surface area contributed by atoms with Crippen molar-refractivity contribution < 1.29 is 4.74 Å². The van der Waals surface area contributed by atoms with E-state index < -0.39 is 0 Å². The molecule has 0 aromatic carbocycles. The molecule has 1 aliphatic rings. The summed E-state index contributed by atoms with van der Waals surface area (Å²) in [5, 5.41) is 3.59. The highest BCUT2D eigenvalue weighted by atomic mass is 16.5. The van der Waals surface area contributed by atoms with Crippen LogP contribution in [-0.2, 0) is 4.74 Å². The lowest BCUT2D eigenvalue weighted by atomic mass is 9.82. The average Bonchev–Trinajstić information content (AvgIpc) is 2.82. The van der Waals surface area contributed by atoms with Gasteiger partial charge in [-0.3, -0.25) is 4.90 Å². The third kappa shape index (κ3) is 5.05. The lowest BCUT2D eigenvalue weighted by Gasteiger charge is -2.31. The van der Waals surface area contributed by atoms with Gasteiger partial charge in [0, 0.05) is 26.2 Å². The molecule has 114 valence electrons. The van der Waals surface area contributed by atoms with Crippen molar-refractivity contribution in [1.29, 1.82) is 0 Å². The Balaban J connectivity index is 2.48. The Kier molecular flexibility index (Phi) is 7.33. The Hall–Kier alpha value is -0.120. The molecule has 0 aliphatic carbocycles. The quantitative estimate of drug-likeness (QED) is 0.697. The number of methoxy groups -OCH3 is 1. The highest BCUT2D eigenvalue weighted by molar-refractivity contribution is 4.91. The minimum atomic E-state index is 0.531. The monoisotopic (exact) mass is 270 g/mol. The second-order valence-corrected chi connectivity index (χ2v) is 6.59. The summed E-state index contributed by atoms with van der Waals surface area (Å²) in [7, 11) is 1.82. The van der Waals surface area contributed by atoms with Gasteiger partial charge >= 0.3 is 0 Å². The Labute approximate surface area is 120 Å². The van der Waals surface area contributed by atoms with Gasteiger partial charge in [0.05, 0.1) is 6.61 Å². The molecule has 1 aliphatic heterocycles. The van der Waals surface area contributed by atoms with E-state index in [0.29, 0.717) is 17.4 Å². The van der Waals surface area contributed by atoms with Gasteiger partial charge in [-0.1, -0.05) is 27.7 Å². The maximum Gasteiger partial charge on any atom is 0.0630 e. The van der Waals surface area contributed by atoms with Gasteiger partial charge in [-0.2, -0.15) is 0 Å². The molecule has 1 unspecified atom stereocenters. The Bertz CT molecular complexity index is 239. The molecule has 1 N–H and O–H groups in total. The first kappa shape index (κ1) is 16.9. The van der Waals surface area contributed by atoms with Crippen molar-refractivity contribution in [1.82, 2.24) is 10.2 Å². The zero-order valence-corrected chi connectivity index (χ0v) is 13.7. The van der Waals surface area contributed by atoms with E-state index in [1.165, 1.54) is 32.4 Å². The molecule has 1 saturated heterocycles. The third-order valence-corrected chi connectivity index (χ3v) is 4.78. The molecule has 0 bridgehead atoms. The van der Waals surface area contributed by atoms with Gasteiger partial charge in [-0.05, 0) is 43.7 Å². The SMILES string of the molecule is CCC1(CC)CCN(C(CNCC(C)C)COC)C1. The van der Waals surface area contributed by atoms with Gasteiger partial charge in [0.15, 0.2) is 0 Å². The number of hydrogen-bond acceptors (Lipinski definition) is 3. The second kappa shape index (κ2) is 8.23. The van der Waals surface area contributed by atoms with E-state index in [1.807, 2.05) is 7.11 Å². The number of ether oxygens (including phenoxy) is 1. The zero-order chi connectivity index (χ0) is 14.3. The molecule has 0 aromatic heterocycles. The number of hydrogen-bond donors (Lipinski definition) is 1. The van der Waals surface area contributed by atoms with Crippen LogP contribution < -0.4 is 5.32 Å². The van der Waals surface area contributed by atoms with Crippen LogP contribution >= 0.6 is 0 Å². The number of rotatable bonds is 9. The van der Waals surface area contributed by atoms with Crippen LogP contribution in [0.3, 0.4) is 0 Å². The largest absolute Gasteiger partial charge is 0.383 e. The van der Waals surface area contributed by atoms with Crippen LogP contribution in [0.5, 0.6) is 0 Å². The van der Waals surface area contributed by atoms with Crippen LogP contribution in [0.4, 0.5) is 0 Å². The molecule has 0 saturated carbocycles. The van der Waals surface area contributed by atoms with Crippen molar-refractivity contribution >= 4 is 0 Å². The minimum Gasteiger partial charge on any atom is -0.383 e. The first-order chi connectivity index (χ1) is 9.06. The normalized spacial score (nSPS) is 21.2. The molecule has 0 aromatic rings. The molecule has 3 nitrogen and oxygen atoms in total. The van der Waals surface area contributed by atoms with Crippen LogP contribution in [0, 0.1) is 11.3 Å². The van der Waals surface area contributed by atoms with Crippen LogP contribution in [-0.4, -0.2) is 50.8 Å². The Morgan fingerprint density at radius 2 is 1.89 bits per heavy atom. The van der Waals surface area contributed by atoms with Crippen LogP contribution in [0.2, 0.25) is 0 Å². The predicted molar refractivity (Wildman–Crippen MR) is 82.6 cm³/mol. The number of nitrogens with one attached hydrogen (secondary N) is 1.